The van der Waals surface area contributed by atoms with E-state index in [2.05, 4.69) is 5.32 Å². The summed E-state index contributed by atoms with van der Waals surface area (Å²) in [5, 5.41) is 12.8. The summed E-state index contributed by atoms with van der Waals surface area (Å²) < 4.78 is 5.32. The lowest BCUT2D eigenvalue weighted by Gasteiger charge is -2.27. The Morgan fingerprint density at radius 2 is 1.96 bits per heavy atom. The van der Waals surface area contributed by atoms with Gasteiger partial charge in [0.05, 0.1) is 10.0 Å². The summed E-state index contributed by atoms with van der Waals surface area (Å²) in [5.74, 6) is -0.853. The highest BCUT2D eigenvalue weighted by atomic mass is 35.5. The largest absolute Gasteiger partial charge is 0.479 e. The van der Waals surface area contributed by atoms with Crippen LogP contribution in [0.1, 0.15) is 44.6 Å². The van der Waals surface area contributed by atoms with E-state index in [4.69, 9.17) is 27.9 Å². The zero-order valence-electron chi connectivity index (χ0n) is 14.2. The van der Waals surface area contributed by atoms with Gasteiger partial charge >= 0.3 is 5.97 Å². The number of benzene rings is 1. The predicted octanol–water partition coefficient (Wildman–Crippen LogP) is 4.01. The number of hydrogen-bond donors (Lipinski definition) is 2. The average molecular weight is 388 g/mol. The number of carboxylic acid groups (broad SMARTS) is 1. The van der Waals surface area contributed by atoms with Gasteiger partial charge in [0.1, 0.15) is 0 Å². The number of carboxylic acids is 1. The minimum Gasteiger partial charge on any atom is -0.479 e. The zero-order chi connectivity index (χ0) is 18.4. The topological polar surface area (TPSA) is 75.6 Å². The monoisotopic (exact) mass is 387 g/mol. The molecule has 0 aromatic heterocycles. The Morgan fingerprint density at radius 3 is 2.56 bits per heavy atom. The number of rotatable bonds is 7. The summed E-state index contributed by atoms with van der Waals surface area (Å²) in [4.78, 5) is 24.0. The molecule has 1 aromatic rings. The molecule has 1 aliphatic rings. The Kier molecular flexibility index (Phi) is 7.11. The molecule has 1 heterocycles. The Bertz CT molecular complexity index is 632. The van der Waals surface area contributed by atoms with Crippen LogP contribution >= 0.6 is 23.2 Å². The molecule has 2 rings (SSSR count). The van der Waals surface area contributed by atoms with Gasteiger partial charge < -0.3 is 15.2 Å². The molecule has 1 unspecified atom stereocenters. The van der Waals surface area contributed by atoms with Crippen molar-refractivity contribution in [3.63, 3.8) is 0 Å². The molecule has 1 aromatic carbocycles. The maximum absolute atomic E-state index is 12.3. The van der Waals surface area contributed by atoms with Gasteiger partial charge in [0.25, 0.3) is 0 Å². The van der Waals surface area contributed by atoms with Crippen LogP contribution in [0.4, 0.5) is 0 Å². The van der Waals surface area contributed by atoms with E-state index in [0.717, 1.165) is 38.9 Å². The van der Waals surface area contributed by atoms with Gasteiger partial charge in [-0.05, 0) is 56.2 Å². The Labute approximate surface area is 157 Å². The third-order valence-corrected chi connectivity index (χ3v) is 5.41. The average Bonchev–Trinajstić information content (AvgIpc) is 2.58. The quantitative estimate of drug-likeness (QED) is 0.740. The fourth-order valence-corrected chi connectivity index (χ4v) is 3.28. The molecule has 25 heavy (non-hydrogen) atoms. The number of amides is 1. The smallest absolute Gasteiger partial charge is 0.333 e. The van der Waals surface area contributed by atoms with Crippen molar-refractivity contribution < 1.29 is 19.4 Å². The summed E-state index contributed by atoms with van der Waals surface area (Å²) in [6, 6.07) is 4.56. The number of carbonyl (C=O) groups excluding carboxylic acids is 1. The van der Waals surface area contributed by atoms with Crippen molar-refractivity contribution in [2.75, 3.05) is 13.2 Å². The molecule has 1 aliphatic heterocycles. The first-order chi connectivity index (χ1) is 11.8. The Balaban J connectivity index is 1.96. The molecule has 1 fully saturated rings. The van der Waals surface area contributed by atoms with Crippen LogP contribution < -0.4 is 5.32 Å². The Morgan fingerprint density at radius 1 is 1.28 bits per heavy atom. The van der Waals surface area contributed by atoms with E-state index in [1.807, 2.05) is 0 Å². The fraction of sp³-hybridized carbons (Fsp3) is 0.556. The second kappa shape index (κ2) is 8.88. The third kappa shape index (κ3) is 5.33. The van der Waals surface area contributed by atoms with Gasteiger partial charge in [-0.2, -0.15) is 0 Å². The summed E-state index contributed by atoms with van der Waals surface area (Å²) in [6.07, 6.45) is 4.03. The lowest BCUT2D eigenvalue weighted by molar-refractivity contribution is -0.147. The highest BCUT2D eigenvalue weighted by Crippen LogP contribution is 2.29. The molecule has 0 saturated carbocycles. The van der Waals surface area contributed by atoms with Gasteiger partial charge in [-0.15, -0.1) is 0 Å². The standard InChI is InChI=1S/C18H23Cl2NO4/c1-18(17(23)24,13-5-6-14(19)15(20)11-13)21-16(22)4-2-3-12-7-9-25-10-8-12/h5-6,11-12H,2-4,7-10H2,1H3,(H,21,22)(H,23,24). The van der Waals surface area contributed by atoms with Crippen molar-refractivity contribution >= 4 is 35.1 Å². The van der Waals surface area contributed by atoms with Crippen molar-refractivity contribution in [2.24, 2.45) is 5.92 Å². The van der Waals surface area contributed by atoms with Crippen LogP contribution in [-0.2, 0) is 19.9 Å². The molecule has 2 N–H and O–H groups in total. The number of aliphatic carboxylic acids is 1. The number of ether oxygens (including phenoxy) is 1. The molecule has 1 atom stereocenters. The Hall–Kier alpha value is -1.30. The first-order valence-corrected chi connectivity index (χ1v) is 9.16. The van der Waals surface area contributed by atoms with Crippen LogP contribution in [0.2, 0.25) is 10.0 Å². The lowest BCUT2D eigenvalue weighted by Crippen LogP contribution is -2.49. The second-order valence-electron chi connectivity index (χ2n) is 6.56. The maximum Gasteiger partial charge on any atom is 0.333 e. The third-order valence-electron chi connectivity index (χ3n) is 4.67. The number of nitrogens with one attached hydrogen (secondary N) is 1. The summed E-state index contributed by atoms with van der Waals surface area (Å²) in [6.45, 7) is 3.02. The van der Waals surface area contributed by atoms with Crippen LogP contribution in [0.25, 0.3) is 0 Å². The molecule has 7 heteroatoms. The van der Waals surface area contributed by atoms with Gasteiger partial charge in [0, 0.05) is 19.6 Å². The van der Waals surface area contributed by atoms with Crippen LogP contribution in [-0.4, -0.2) is 30.2 Å². The number of carbonyl (C=O) groups is 2. The molecule has 0 aliphatic carbocycles. The van der Waals surface area contributed by atoms with Crippen LogP contribution in [0.15, 0.2) is 18.2 Å². The molecule has 0 bridgehead atoms. The molecule has 0 spiro atoms. The molecule has 5 nitrogen and oxygen atoms in total. The molecule has 1 amide bonds. The van der Waals surface area contributed by atoms with E-state index in [1.165, 1.54) is 19.1 Å². The van der Waals surface area contributed by atoms with E-state index in [0.29, 0.717) is 22.9 Å². The van der Waals surface area contributed by atoms with Crippen LogP contribution in [0, 0.1) is 5.92 Å². The predicted molar refractivity (Wildman–Crippen MR) is 97.0 cm³/mol. The van der Waals surface area contributed by atoms with Gasteiger partial charge in [-0.3, -0.25) is 4.79 Å². The summed E-state index contributed by atoms with van der Waals surface area (Å²) >= 11 is 11.9. The molecular formula is C18H23Cl2NO4. The first-order valence-electron chi connectivity index (χ1n) is 8.40. The molecule has 0 radical (unpaired) electrons. The van der Waals surface area contributed by atoms with Crippen molar-refractivity contribution in [3.05, 3.63) is 33.8 Å². The minimum atomic E-state index is -1.55. The van der Waals surface area contributed by atoms with E-state index in [-0.39, 0.29) is 10.9 Å². The summed E-state index contributed by atoms with van der Waals surface area (Å²) in [7, 11) is 0. The minimum absolute atomic E-state index is 0.250. The summed E-state index contributed by atoms with van der Waals surface area (Å²) in [5.41, 5.74) is -1.17. The van der Waals surface area contributed by atoms with Gasteiger partial charge in [-0.1, -0.05) is 29.3 Å². The number of hydrogen-bond acceptors (Lipinski definition) is 3. The highest BCUT2D eigenvalue weighted by molar-refractivity contribution is 6.42. The first kappa shape index (κ1) is 20.0. The molecular weight excluding hydrogens is 365 g/mol. The second-order valence-corrected chi connectivity index (χ2v) is 7.37. The zero-order valence-corrected chi connectivity index (χ0v) is 15.7. The van der Waals surface area contributed by atoms with E-state index >= 15 is 0 Å². The van der Waals surface area contributed by atoms with Crippen LogP contribution in [0.5, 0.6) is 0 Å². The van der Waals surface area contributed by atoms with Gasteiger partial charge in [0.15, 0.2) is 5.54 Å². The van der Waals surface area contributed by atoms with E-state index in [9.17, 15) is 14.7 Å². The van der Waals surface area contributed by atoms with Crippen molar-refractivity contribution in [1.29, 1.82) is 0 Å². The maximum atomic E-state index is 12.3. The SMILES string of the molecule is CC(NC(=O)CCCC1CCOCC1)(C(=O)O)c1ccc(Cl)c(Cl)c1. The molecule has 138 valence electrons. The van der Waals surface area contributed by atoms with E-state index in [1.54, 1.807) is 6.07 Å². The highest BCUT2D eigenvalue weighted by Gasteiger charge is 2.37. The van der Waals surface area contributed by atoms with E-state index < -0.39 is 11.5 Å². The van der Waals surface area contributed by atoms with Crippen LogP contribution in [0.3, 0.4) is 0 Å². The normalized spacial score (nSPS) is 17.7. The molecule has 1 saturated heterocycles. The van der Waals surface area contributed by atoms with Crippen molar-refractivity contribution in [2.45, 2.75) is 44.6 Å². The lowest BCUT2D eigenvalue weighted by atomic mass is 9.91. The van der Waals surface area contributed by atoms with Crippen molar-refractivity contribution in [3.8, 4) is 0 Å². The van der Waals surface area contributed by atoms with Crippen molar-refractivity contribution in [1.82, 2.24) is 5.32 Å². The van der Waals surface area contributed by atoms with Gasteiger partial charge in [0.2, 0.25) is 5.91 Å². The fourth-order valence-electron chi connectivity index (χ4n) is 2.98. The number of halogens is 2. The van der Waals surface area contributed by atoms with Gasteiger partial charge in [-0.25, -0.2) is 4.79 Å².